The van der Waals surface area contributed by atoms with Crippen molar-refractivity contribution in [2.45, 2.75) is 37.3 Å². The molecule has 0 aliphatic heterocycles. The summed E-state index contributed by atoms with van der Waals surface area (Å²) in [5.41, 5.74) is 2.15. The molecule has 0 saturated heterocycles. The zero-order valence-electron chi connectivity index (χ0n) is 18.7. The maximum absolute atomic E-state index is 12.1. The number of rotatable bonds is 14. The van der Waals surface area contributed by atoms with E-state index in [1.54, 1.807) is 0 Å². The molecule has 3 aromatic rings. The first kappa shape index (κ1) is 24.9. The summed E-state index contributed by atoms with van der Waals surface area (Å²) in [7, 11) is 0. The van der Waals surface area contributed by atoms with Crippen molar-refractivity contribution in [3.8, 4) is 0 Å². The maximum atomic E-state index is 12.1. The number of carbonyl (C=O) groups excluding carboxylic acids is 1. The van der Waals surface area contributed by atoms with Crippen molar-refractivity contribution in [1.29, 1.82) is 0 Å². The van der Waals surface area contributed by atoms with E-state index in [-0.39, 0.29) is 21.6 Å². The average molecular weight is 510 g/mol. The van der Waals surface area contributed by atoms with Gasteiger partial charge in [-0.05, 0) is 0 Å². The number of hydrogen-bond acceptors (Lipinski definition) is 4. The molecule has 0 aromatic heterocycles. The molecular formula is C28H30O4Se. The number of benzene rings is 3. The van der Waals surface area contributed by atoms with Gasteiger partial charge in [-0.3, -0.25) is 0 Å². The van der Waals surface area contributed by atoms with Crippen LogP contribution in [0.5, 0.6) is 0 Å². The summed E-state index contributed by atoms with van der Waals surface area (Å²) in [6.07, 6.45) is 6.49. The molecule has 3 rings (SSSR count). The van der Waals surface area contributed by atoms with Crippen LogP contribution in [0.2, 0.25) is 4.82 Å². The zero-order chi connectivity index (χ0) is 23.0. The van der Waals surface area contributed by atoms with E-state index in [1.807, 2.05) is 60.7 Å². The van der Waals surface area contributed by atoms with Gasteiger partial charge in [-0.2, -0.15) is 0 Å². The Kier molecular flexibility index (Phi) is 11.5. The van der Waals surface area contributed by atoms with Crippen LogP contribution in [0.4, 0.5) is 0 Å². The molecule has 0 fully saturated rings. The summed E-state index contributed by atoms with van der Waals surface area (Å²) >= 11 is 0.230. The fraction of sp³-hybridized carbons (Fsp3) is 0.250. The van der Waals surface area contributed by atoms with Gasteiger partial charge in [0.1, 0.15) is 0 Å². The van der Waals surface area contributed by atoms with E-state index in [4.69, 9.17) is 14.5 Å². The van der Waals surface area contributed by atoms with E-state index in [0.29, 0.717) is 11.4 Å². The molecule has 0 N–H and O–H groups in total. The minimum atomic E-state index is -0.481. The molecule has 5 heteroatoms. The van der Waals surface area contributed by atoms with Gasteiger partial charge in [0.25, 0.3) is 0 Å². The molecule has 0 radical (unpaired) electrons. The van der Waals surface area contributed by atoms with Crippen LogP contribution in [0, 0.1) is 0 Å². The predicted molar refractivity (Wildman–Crippen MR) is 132 cm³/mol. The fourth-order valence-corrected chi connectivity index (χ4v) is 5.45. The van der Waals surface area contributed by atoms with Crippen LogP contribution in [0.3, 0.4) is 0 Å². The fourth-order valence-electron chi connectivity index (χ4n) is 3.13. The third kappa shape index (κ3) is 10.6. The van der Waals surface area contributed by atoms with Crippen LogP contribution in [-0.2, 0) is 32.5 Å². The SMILES string of the molecule is O=C(/C=C/[C@H](CCCCOCc1ccccc1)[Se]c1ccccc1)OOCc1ccccc1. The standard InChI is InChI=1S/C28H30O4Se/c29-28(32-31-23-25-14-6-2-7-15-25)20-19-27(33-26-16-8-3-9-17-26)18-10-11-21-30-22-24-12-4-1-5-13-24/h1-9,12-17,19-20,27H,10-11,18,21-23H2/b20-19+/t27-/m0/s1. The van der Waals surface area contributed by atoms with E-state index >= 15 is 0 Å². The second kappa shape index (κ2) is 15.2. The monoisotopic (exact) mass is 510 g/mol. The molecule has 0 amide bonds. The third-order valence-electron chi connectivity index (χ3n) is 4.83. The Morgan fingerprint density at radius 2 is 1.39 bits per heavy atom. The van der Waals surface area contributed by atoms with Crippen LogP contribution < -0.4 is 4.46 Å². The molecule has 0 heterocycles. The van der Waals surface area contributed by atoms with E-state index < -0.39 is 5.97 Å². The van der Waals surface area contributed by atoms with Crippen LogP contribution in [0.25, 0.3) is 0 Å². The third-order valence-corrected chi connectivity index (χ3v) is 7.43. The number of carbonyl (C=O) groups is 1. The molecule has 0 aliphatic carbocycles. The van der Waals surface area contributed by atoms with E-state index in [9.17, 15) is 4.79 Å². The summed E-state index contributed by atoms with van der Waals surface area (Å²) in [6, 6.07) is 30.3. The zero-order valence-corrected chi connectivity index (χ0v) is 20.4. The van der Waals surface area contributed by atoms with Crippen molar-refractivity contribution in [1.82, 2.24) is 0 Å². The molecule has 0 saturated carbocycles. The molecule has 0 unspecified atom stereocenters. The molecule has 1 atom stereocenters. The summed E-state index contributed by atoms with van der Waals surface area (Å²) in [5.74, 6) is -0.481. The van der Waals surface area contributed by atoms with Crippen LogP contribution >= 0.6 is 0 Å². The Morgan fingerprint density at radius 3 is 2.06 bits per heavy atom. The van der Waals surface area contributed by atoms with Gasteiger partial charge in [0.15, 0.2) is 0 Å². The molecular weight excluding hydrogens is 479 g/mol. The topological polar surface area (TPSA) is 44.8 Å². The van der Waals surface area contributed by atoms with Crippen molar-refractivity contribution in [2.24, 2.45) is 0 Å². The molecule has 33 heavy (non-hydrogen) atoms. The molecule has 4 nitrogen and oxygen atoms in total. The van der Waals surface area contributed by atoms with E-state index in [2.05, 4.69) is 36.4 Å². The molecule has 0 bridgehead atoms. The first-order valence-corrected chi connectivity index (χ1v) is 13.0. The summed E-state index contributed by atoms with van der Waals surface area (Å²) < 4.78 is 7.11. The molecule has 172 valence electrons. The Morgan fingerprint density at radius 1 is 0.788 bits per heavy atom. The number of ether oxygens (including phenoxy) is 1. The molecule has 0 aliphatic rings. The second-order valence-electron chi connectivity index (χ2n) is 7.51. The Labute approximate surface area is 202 Å². The average Bonchev–Trinajstić information content (AvgIpc) is 2.86. The van der Waals surface area contributed by atoms with E-state index in [0.717, 1.165) is 31.4 Å². The van der Waals surface area contributed by atoms with Crippen LogP contribution in [0.1, 0.15) is 30.4 Å². The van der Waals surface area contributed by atoms with Crippen molar-refractivity contribution in [3.05, 3.63) is 114 Å². The summed E-state index contributed by atoms with van der Waals surface area (Å²) in [6.45, 7) is 1.62. The minimum absolute atomic E-state index is 0.230. The van der Waals surface area contributed by atoms with Crippen LogP contribution in [0.15, 0.2) is 103 Å². The van der Waals surface area contributed by atoms with Crippen molar-refractivity contribution in [3.63, 3.8) is 0 Å². The van der Waals surface area contributed by atoms with Crippen molar-refractivity contribution >= 4 is 25.4 Å². The summed E-state index contributed by atoms with van der Waals surface area (Å²) in [5, 5.41) is 0. The Balaban J connectivity index is 1.40. The number of hydrogen-bond donors (Lipinski definition) is 0. The van der Waals surface area contributed by atoms with Gasteiger partial charge in [0.2, 0.25) is 0 Å². The molecule has 3 aromatic carbocycles. The Bertz CT molecular complexity index is 945. The van der Waals surface area contributed by atoms with Gasteiger partial charge < -0.3 is 0 Å². The normalized spacial score (nSPS) is 12.0. The first-order chi connectivity index (χ1) is 16.3. The van der Waals surface area contributed by atoms with Crippen molar-refractivity contribution < 1.29 is 19.3 Å². The summed E-state index contributed by atoms with van der Waals surface area (Å²) in [4.78, 5) is 22.4. The van der Waals surface area contributed by atoms with Gasteiger partial charge >= 0.3 is 203 Å². The number of allylic oxidation sites excluding steroid dienone is 1. The van der Waals surface area contributed by atoms with Crippen molar-refractivity contribution in [2.75, 3.05) is 6.61 Å². The van der Waals surface area contributed by atoms with Gasteiger partial charge in [-0.25, -0.2) is 0 Å². The molecule has 0 spiro atoms. The predicted octanol–water partition coefficient (Wildman–Crippen LogP) is 5.42. The van der Waals surface area contributed by atoms with Gasteiger partial charge in [0, 0.05) is 0 Å². The first-order valence-electron chi connectivity index (χ1n) is 11.2. The second-order valence-corrected chi connectivity index (χ2v) is 10.3. The number of unbranched alkanes of at least 4 members (excludes halogenated alkanes) is 1. The Hall–Kier alpha value is -2.69. The van der Waals surface area contributed by atoms with Gasteiger partial charge in [-0.15, -0.1) is 0 Å². The van der Waals surface area contributed by atoms with Gasteiger partial charge in [-0.1, -0.05) is 0 Å². The van der Waals surface area contributed by atoms with Crippen LogP contribution in [-0.4, -0.2) is 27.5 Å². The van der Waals surface area contributed by atoms with E-state index in [1.165, 1.54) is 16.1 Å². The van der Waals surface area contributed by atoms with Gasteiger partial charge in [0.05, 0.1) is 0 Å². The quantitative estimate of drug-likeness (QED) is 0.0957.